The maximum absolute atomic E-state index is 6.19. The zero-order valence-electron chi connectivity index (χ0n) is 14.1. The molecule has 1 aliphatic heterocycles. The van der Waals surface area contributed by atoms with Crippen LogP contribution in [-0.4, -0.2) is 35.7 Å². The van der Waals surface area contributed by atoms with E-state index in [1.54, 1.807) is 0 Å². The molecule has 5 heteroatoms. The molecule has 0 aromatic heterocycles. The summed E-state index contributed by atoms with van der Waals surface area (Å²) < 4.78 is 19.2. The Morgan fingerprint density at radius 3 is 2.45 bits per heavy atom. The number of rotatable bonds is 1. The van der Waals surface area contributed by atoms with Crippen molar-refractivity contribution in [1.29, 1.82) is 0 Å². The fourth-order valence-electron chi connectivity index (χ4n) is 5.30. The van der Waals surface area contributed by atoms with E-state index in [0.29, 0.717) is 10.3 Å². The van der Waals surface area contributed by atoms with Crippen LogP contribution < -0.4 is 0 Å². The Morgan fingerprint density at radius 2 is 1.82 bits per heavy atom. The van der Waals surface area contributed by atoms with Gasteiger partial charge in [-0.1, -0.05) is 32.5 Å². The Labute approximate surface area is 143 Å². The average molecular weight is 345 g/mol. The molecule has 0 aromatic carbocycles. The van der Waals surface area contributed by atoms with Gasteiger partial charge in [0, 0.05) is 17.3 Å². The molecule has 3 atom stereocenters. The Kier molecular flexibility index (Phi) is 4.56. The van der Waals surface area contributed by atoms with Crippen LogP contribution in [-0.2, 0) is 14.2 Å². The van der Waals surface area contributed by atoms with Crippen LogP contribution in [0.15, 0.2) is 0 Å². The first-order chi connectivity index (χ1) is 10.4. The first kappa shape index (κ1) is 17.0. The largest absolute Gasteiger partial charge is 0.475 e. The van der Waals surface area contributed by atoms with Crippen LogP contribution in [0.3, 0.4) is 0 Å². The molecule has 0 radical (unpaired) electrons. The highest BCUT2D eigenvalue weighted by molar-refractivity contribution is 8.22. The van der Waals surface area contributed by atoms with E-state index >= 15 is 0 Å². The quantitative estimate of drug-likeness (QED) is 0.658. The van der Waals surface area contributed by atoms with Gasteiger partial charge in [0.15, 0.2) is 5.79 Å². The van der Waals surface area contributed by atoms with Crippen molar-refractivity contribution in [3.05, 3.63) is 0 Å². The predicted octanol–water partition coefficient (Wildman–Crippen LogP) is 4.39. The monoisotopic (exact) mass is 344 g/mol. The van der Waals surface area contributed by atoms with Crippen molar-refractivity contribution in [3.63, 3.8) is 0 Å². The topological polar surface area (TPSA) is 27.7 Å². The highest BCUT2D eigenvalue weighted by Gasteiger charge is 2.64. The summed E-state index contributed by atoms with van der Waals surface area (Å²) >= 11 is 6.83. The maximum atomic E-state index is 6.19. The number of hydrogen-bond donors (Lipinski definition) is 0. The van der Waals surface area contributed by atoms with Crippen LogP contribution in [0.25, 0.3) is 0 Å². The smallest absolute Gasteiger partial charge is 0.219 e. The van der Waals surface area contributed by atoms with Crippen molar-refractivity contribution in [2.45, 2.75) is 64.8 Å². The minimum absolute atomic E-state index is 0.0755. The molecule has 3 fully saturated rings. The van der Waals surface area contributed by atoms with Crippen LogP contribution in [0.5, 0.6) is 0 Å². The van der Waals surface area contributed by atoms with Gasteiger partial charge in [-0.25, -0.2) is 0 Å². The summed E-state index contributed by atoms with van der Waals surface area (Å²) in [7, 11) is 0. The molecule has 2 aliphatic carbocycles. The Bertz CT molecular complexity index is 445. The second-order valence-corrected chi connectivity index (χ2v) is 9.14. The van der Waals surface area contributed by atoms with Gasteiger partial charge >= 0.3 is 0 Å². The Morgan fingerprint density at radius 1 is 1.14 bits per heavy atom. The fourth-order valence-corrected chi connectivity index (χ4v) is 5.63. The predicted molar refractivity (Wildman–Crippen MR) is 94.1 cm³/mol. The first-order valence-corrected chi connectivity index (χ1v) is 10.0. The molecule has 126 valence electrons. The van der Waals surface area contributed by atoms with Gasteiger partial charge in [-0.15, -0.1) is 0 Å². The second kappa shape index (κ2) is 5.91. The van der Waals surface area contributed by atoms with Crippen molar-refractivity contribution in [1.82, 2.24) is 0 Å². The van der Waals surface area contributed by atoms with E-state index in [0.717, 1.165) is 32.5 Å². The van der Waals surface area contributed by atoms with Crippen molar-refractivity contribution >= 4 is 28.4 Å². The van der Waals surface area contributed by atoms with Gasteiger partial charge < -0.3 is 14.2 Å². The Balaban J connectivity index is 1.88. The highest BCUT2D eigenvalue weighted by atomic mass is 32.2. The van der Waals surface area contributed by atoms with Crippen molar-refractivity contribution in [2.75, 3.05) is 19.5 Å². The fraction of sp³-hybridized carbons (Fsp3) is 0.941. The molecule has 0 bridgehead atoms. The summed E-state index contributed by atoms with van der Waals surface area (Å²) in [4.78, 5) is 0. The molecule has 2 saturated carbocycles. The van der Waals surface area contributed by atoms with E-state index < -0.39 is 0 Å². The van der Waals surface area contributed by atoms with Gasteiger partial charge in [-0.2, -0.15) is 0 Å². The molecule has 0 amide bonds. The van der Waals surface area contributed by atoms with Crippen molar-refractivity contribution < 1.29 is 14.2 Å². The minimum atomic E-state index is -0.363. The summed E-state index contributed by atoms with van der Waals surface area (Å²) in [6, 6.07) is 0. The summed E-state index contributed by atoms with van der Waals surface area (Å²) in [5.74, 6) is 0.174. The summed E-state index contributed by atoms with van der Waals surface area (Å²) in [5, 5.41) is 0. The van der Waals surface area contributed by atoms with Crippen LogP contribution in [0.4, 0.5) is 0 Å². The third-order valence-electron chi connectivity index (χ3n) is 6.45. The molecule has 0 unspecified atom stereocenters. The number of thiocarbonyl (C=S) groups is 1. The average Bonchev–Trinajstić information content (AvgIpc) is 2.95. The highest BCUT2D eigenvalue weighted by Crippen LogP contribution is 2.63. The molecule has 1 saturated heterocycles. The van der Waals surface area contributed by atoms with Crippen LogP contribution in [0.2, 0.25) is 0 Å². The van der Waals surface area contributed by atoms with E-state index in [1.807, 2.05) is 6.26 Å². The lowest BCUT2D eigenvalue weighted by Gasteiger charge is -2.61. The lowest BCUT2D eigenvalue weighted by molar-refractivity contribution is -0.298. The first-order valence-electron chi connectivity index (χ1n) is 8.38. The normalized spacial score (nSPS) is 39.5. The molecule has 1 spiro atoms. The standard InChI is InChI=1S/C17H28O3S2/c1-15(2)12-6-5-8-17(18-10-11-19-17)16(12,3)9-7-13(15)20-14(21)22-4/h12-13H,5-11H2,1-4H3/t12-,13-,16-/m0/s1. The van der Waals surface area contributed by atoms with Crippen LogP contribution in [0, 0.1) is 16.7 Å². The zero-order valence-corrected chi connectivity index (χ0v) is 15.8. The molecular weight excluding hydrogens is 316 g/mol. The molecule has 1 heterocycles. The maximum Gasteiger partial charge on any atom is 0.219 e. The number of hydrogen-bond acceptors (Lipinski definition) is 5. The second-order valence-electron chi connectivity index (χ2n) is 7.73. The van der Waals surface area contributed by atoms with Crippen LogP contribution in [0.1, 0.15) is 52.9 Å². The summed E-state index contributed by atoms with van der Waals surface area (Å²) in [5.41, 5.74) is 0.154. The lowest BCUT2D eigenvalue weighted by Crippen LogP contribution is -2.62. The summed E-state index contributed by atoms with van der Waals surface area (Å²) in [6.07, 6.45) is 7.72. The van der Waals surface area contributed by atoms with E-state index in [2.05, 4.69) is 20.8 Å². The van der Waals surface area contributed by atoms with Crippen molar-refractivity contribution in [3.8, 4) is 0 Å². The van der Waals surface area contributed by atoms with Gasteiger partial charge in [0.1, 0.15) is 6.10 Å². The summed E-state index contributed by atoms with van der Waals surface area (Å²) in [6.45, 7) is 8.54. The number of thioether (sulfide) groups is 1. The van der Waals surface area contributed by atoms with Gasteiger partial charge in [-0.05, 0) is 50.1 Å². The van der Waals surface area contributed by atoms with E-state index in [9.17, 15) is 0 Å². The van der Waals surface area contributed by atoms with E-state index in [-0.39, 0.29) is 22.7 Å². The third kappa shape index (κ3) is 2.43. The van der Waals surface area contributed by atoms with Gasteiger partial charge in [0.2, 0.25) is 4.38 Å². The molecule has 3 nitrogen and oxygen atoms in total. The van der Waals surface area contributed by atoms with Crippen LogP contribution >= 0.6 is 24.0 Å². The van der Waals surface area contributed by atoms with Gasteiger partial charge in [0.05, 0.1) is 13.2 Å². The molecule has 3 aliphatic rings. The molecule has 22 heavy (non-hydrogen) atoms. The lowest BCUT2D eigenvalue weighted by atomic mass is 9.48. The SMILES string of the molecule is CSC(=S)O[C@H]1CC[C@@]2(C)[C@@H](CCCC23OCCO3)C1(C)C. The molecule has 0 N–H and O–H groups in total. The Hall–Kier alpha value is 0.160. The van der Waals surface area contributed by atoms with E-state index in [1.165, 1.54) is 24.6 Å². The number of ether oxygens (including phenoxy) is 3. The number of fused-ring (bicyclic) bond motifs is 2. The molecule has 3 rings (SSSR count). The van der Waals surface area contributed by atoms with Gasteiger partial charge in [-0.3, -0.25) is 0 Å². The zero-order chi connectivity index (χ0) is 16.0. The molecular formula is C17H28O3S2. The van der Waals surface area contributed by atoms with Crippen molar-refractivity contribution in [2.24, 2.45) is 16.7 Å². The van der Waals surface area contributed by atoms with Gasteiger partial charge in [0.25, 0.3) is 0 Å². The molecule has 0 aromatic rings. The minimum Gasteiger partial charge on any atom is -0.475 e. The van der Waals surface area contributed by atoms with E-state index in [4.69, 9.17) is 26.4 Å². The third-order valence-corrected chi connectivity index (χ3v) is 7.48.